The molecule has 0 aliphatic carbocycles. The lowest BCUT2D eigenvalue weighted by Gasteiger charge is -2.24. The lowest BCUT2D eigenvalue weighted by molar-refractivity contribution is -0.120. The van der Waals surface area contributed by atoms with Crippen molar-refractivity contribution in [2.45, 2.75) is 13.0 Å². The second kappa shape index (κ2) is 11.8. The van der Waals surface area contributed by atoms with Crippen LogP contribution in [-0.2, 0) is 22.6 Å². The van der Waals surface area contributed by atoms with Gasteiger partial charge in [-0.2, -0.15) is 0 Å². The molecular weight excluding hydrogens is 462 g/mol. The molecule has 4 aromatic rings. The number of nitrogens with zero attached hydrogens (tertiary/aromatic N) is 1. The zero-order valence-electron chi connectivity index (χ0n) is 19.4. The smallest absolute Gasteiger partial charge is 0.265 e. The second-order valence-corrected chi connectivity index (χ2v) is 8.11. The van der Waals surface area contributed by atoms with E-state index in [-0.39, 0.29) is 43.0 Å². The summed E-state index contributed by atoms with van der Waals surface area (Å²) >= 11 is 0. The summed E-state index contributed by atoms with van der Waals surface area (Å²) in [6.45, 7) is 0.00296. The third kappa shape index (κ3) is 6.99. The van der Waals surface area contributed by atoms with Gasteiger partial charge in [-0.15, -0.1) is 0 Å². The van der Waals surface area contributed by atoms with E-state index in [1.54, 1.807) is 48.5 Å². The average Bonchev–Trinajstić information content (AvgIpc) is 2.89. The van der Waals surface area contributed by atoms with Crippen LogP contribution in [0.2, 0.25) is 0 Å². The molecule has 4 aromatic carbocycles. The quantitative estimate of drug-likeness (QED) is 0.327. The number of benzene rings is 4. The van der Waals surface area contributed by atoms with Gasteiger partial charge >= 0.3 is 0 Å². The molecule has 0 bridgehead atoms. The minimum Gasteiger partial charge on any atom is -0.484 e. The van der Waals surface area contributed by atoms with Crippen molar-refractivity contribution in [1.82, 2.24) is 0 Å². The normalized spacial score (nSPS) is 10.5. The Balaban J connectivity index is 1.51. The first-order valence-corrected chi connectivity index (χ1v) is 11.3. The number of para-hydroxylation sites is 1. The Bertz CT molecular complexity index is 1310. The van der Waals surface area contributed by atoms with Crippen molar-refractivity contribution in [2.24, 2.45) is 0 Å². The Morgan fingerprint density at radius 1 is 0.750 bits per heavy atom. The zero-order chi connectivity index (χ0) is 25.3. The van der Waals surface area contributed by atoms with E-state index < -0.39 is 0 Å². The third-order valence-electron chi connectivity index (χ3n) is 5.38. The number of nitrogens with one attached hydrogen (secondary N) is 1. The number of carbonyl (C=O) groups excluding carboxylic acids is 2. The summed E-state index contributed by atoms with van der Waals surface area (Å²) < 4.78 is 32.2. The number of anilines is 2. The Labute approximate surface area is 208 Å². The van der Waals surface area contributed by atoms with Crippen molar-refractivity contribution in [3.05, 3.63) is 126 Å². The van der Waals surface area contributed by atoms with Crippen molar-refractivity contribution in [1.29, 1.82) is 0 Å². The summed E-state index contributed by atoms with van der Waals surface area (Å²) in [7, 11) is 0. The van der Waals surface area contributed by atoms with E-state index in [1.165, 1.54) is 41.3 Å². The second-order valence-electron chi connectivity index (χ2n) is 8.11. The van der Waals surface area contributed by atoms with Crippen LogP contribution in [0, 0.1) is 11.6 Å². The summed E-state index contributed by atoms with van der Waals surface area (Å²) in [5.74, 6) is -0.751. The molecule has 0 atom stereocenters. The Hall–Kier alpha value is -4.52. The van der Waals surface area contributed by atoms with Gasteiger partial charge in [0.1, 0.15) is 17.4 Å². The van der Waals surface area contributed by atoms with Crippen LogP contribution in [-0.4, -0.2) is 18.4 Å². The van der Waals surface area contributed by atoms with Crippen molar-refractivity contribution in [3.63, 3.8) is 0 Å². The standard InChI is InChI=1S/C29H24F2N2O3/c30-23-11-9-21(10-12-23)19-33(29(35)20-36-27-7-2-1-3-8-27)26-6-4-5-22(17-26)18-28(34)32-25-15-13-24(31)14-16-25/h1-17H,18-20H2,(H,32,34). The summed E-state index contributed by atoms with van der Waals surface area (Å²) in [5.41, 5.74) is 2.49. The van der Waals surface area contributed by atoms with Crippen LogP contribution in [0.25, 0.3) is 0 Å². The SMILES string of the molecule is O=C(Cc1cccc(N(Cc2ccc(F)cc2)C(=O)COc2ccccc2)c1)Nc1ccc(F)cc1. The van der Waals surface area contributed by atoms with E-state index in [4.69, 9.17) is 4.74 Å². The van der Waals surface area contributed by atoms with E-state index >= 15 is 0 Å². The molecule has 2 amide bonds. The highest BCUT2D eigenvalue weighted by Gasteiger charge is 2.18. The van der Waals surface area contributed by atoms with Gasteiger partial charge in [-0.3, -0.25) is 9.59 Å². The number of carbonyl (C=O) groups is 2. The van der Waals surface area contributed by atoms with Gasteiger partial charge in [-0.1, -0.05) is 42.5 Å². The molecule has 1 N–H and O–H groups in total. The maximum absolute atomic E-state index is 13.4. The van der Waals surface area contributed by atoms with E-state index in [2.05, 4.69) is 5.32 Å². The van der Waals surface area contributed by atoms with E-state index in [0.29, 0.717) is 22.7 Å². The lowest BCUT2D eigenvalue weighted by Crippen LogP contribution is -2.34. The van der Waals surface area contributed by atoms with Crippen LogP contribution in [0.3, 0.4) is 0 Å². The minimum absolute atomic E-state index is 0.0598. The monoisotopic (exact) mass is 486 g/mol. The van der Waals surface area contributed by atoms with Crippen molar-refractivity contribution in [3.8, 4) is 5.75 Å². The summed E-state index contributed by atoms with van der Waals surface area (Å²) in [6.07, 6.45) is 0.0598. The van der Waals surface area contributed by atoms with Crippen LogP contribution in [0.5, 0.6) is 5.75 Å². The molecule has 0 spiro atoms. The fourth-order valence-electron chi connectivity index (χ4n) is 3.59. The molecule has 0 aromatic heterocycles. The van der Waals surface area contributed by atoms with Gasteiger partial charge in [0.2, 0.25) is 5.91 Å². The molecule has 182 valence electrons. The van der Waals surface area contributed by atoms with Gasteiger partial charge in [-0.25, -0.2) is 8.78 Å². The van der Waals surface area contributed by atoms with Gasteiger partial charge in [-0.05, 0) is 71.8 Å². The number of hydrogen-bond acceptors (Lipinski definition) is 3. The molecule has 36 heavy (non-hydrogen) atoms. The number of amides is 2. The summed E-state index contributed by atoms with van der Waals surface area (Å²) in [5, 5.41) is 2.73. The van der Waals surface area contributed by atoms with Gasteiger partial charge in [0, 0.05) is 11.4 Å². The molecule has 0 saturated heterocycles. The molecule has 0 radical (unpaired) electrons. The minimum atomic E-state index is -0.386. The van der Waals surface area contributed by atoms with Crippen LogP contribution in [0.1, 0.15) is 11.1 Å². The Morgan fingerprint density at radius 3 is 2.11 bits per heavy atom. The van der Waals surface area contributed by atoms with Crippen molar-refractivity contribution < 1.29 is 23.1 Å². The molecule has 7 heteroatoms. The molecule has 0 aliphatic rings. The Kier molecular flexibility index (Phi) is 8.03. The fraction of sp³-hybridized carbons (Fsp3) is 0.103. The molecule has 0 fully saturated rings. The van der Waals surface area contributed by atoms with E-state index in [9.17, 15) is 18.4 Å². The van der Waals surface area contributed by atoms with E-state index in [1.807, 2.05) is 18.2 Å². The first-order chi connectivity index (χ1) is 17.5. The third-order valence-corrected chi connectivity index (χ3v) is 5.38. The first kappa shape index (κ1) is 24.6. The molecule has 0 heterocycles. The van der Waals surface area contributed by atoms with Crippen LogP contribution in [0.15, 0.2) is 103 Å². The van der Waals surface area contributed by atoms with Crippen molar-refractivity contribution in [2.75, 3.05) is 16.8 Å². The molecular formula is C29H24F2N2O3. The Morgan fingerprint density at radius 2 is 1.42 bits per heavy atom. The van der Waals surface area contributed by atoms with Crippen molar-refractivity contribution >= 4 is 23.2 Å². The maximum Gasteiger partial charge on any atom is 0.265 e. The topological polar surface area (TPSA) is 58.6 Å². The van der Waals surface area contributed by atoms with E-state index in [0.717, 1.165) is 5.56 Å². The zero-order valence-corrected chi connectivity index (χ0v) is 19.4. The highest BCUT2D eigenvalue weighted by Crippen LogP contribution is 2.21. The summed E-state index contributed by atoms with van der Waals surface area (Å²) in [6, 6.07) is 27.5. The molecule has 0 aliphatic heterocycles. The first-order valence-electron chi connectivity index (χ1n) is 11.3. The van der Waals surface area contributed by atoms with Gasteiger partial charge in [0.15, 0.2) is 6.61 Å². The molecule has 5 nitrogen and oxygen atoms in total. The number of hydrogen-bond donors (Lipinski definition) is 1. The predicted octanol–water partition coefficient (Wildman–Crippen LogP) is 5.76. The highest BCUT2D eigenvalue weighted by atomic mass is 19.1. The highest BCUT2D eigenvalue weighted by molar-refractivity contribution is 5.95. The number of rotatable bonds is 9. The molecule has 0 unspecified atom stereocenters. The van der Waals surface area contributed by atoms with Crippen LogP contribution >= 0.6 is 0 Å². The van der Waals surface area contributed by atoms with Gasteiger partial charge in [0.25, 0.3) is 5.91 Å². The molecule has 0 saturated carbocycles. The van der Waals surface area contributed by atoms with Gasteiger partial charge < -0.3 is 15.0 Å². The fourth-order valence-corrected chi connectivity index (χ4v) is 3.59. The number of ether oxygens (including phenoxy) is 1. The average molecular weight is 487 g/mol. The molecule has 4 rings (SSSR count). The summed E-state index contributed by atoms with van der Waals surface area (Å²) in [4.78, 5) is 27.3. The predicted molar refractivity (Wildman–Crippen MR) is 135 cm³/mol. The largest absolute Gasteiger partial charge is 0.484 e. The van der Waals surface area contributed by atoms with Crippen LogP contribution < -0.4 is 15.0 Å². The number of halogens is 2. The van der Waals surface area contributed by atoms with Gasteiger partial charge in [0.05, 0.1) is 13.0 Å². The maximum atomic E-state index is 13.4. The van der Waals surface area contributed by atoms with Crippen LogP contribution in [0.4, 0.5) is 20.2 Å². The lowest BCUT2D eigenvalue weighted by atomic mass is 10.1.